The van der Waals surface area contributed by atoms with E-state index in [9.17, 15) is 0 Å². The topological polar surface area (TPSA) is 28.2 Å². The van der Waals surface area contributed by atoms with Crippen LogP contribution in [0.3, 0.4) is 0 Å². The van der Waals surface area contributed by atoms with Crippen LogP contribution >= 0.6 is 11.6 Å². The average Bonchev–Trinajstić information content (AvgIpc) is 3.19. The van der Waals surface area contributed by atoms with E-state index < -0.39 is 0 Å². The molecule has 0 saturated heterocycles. The van der Waals surface area contributed by atoms with Crippen molar-refractivity contribution in [2.75, 3.05) is 11.9 Å². The van der Waals surface area contributed by atoms with Gasteiger partial charge in [0.25, 0.3) is 0 Å². The SMILES string of the molecule is CC(C1CC1)N(C)c1cc(CNC(C)(C)C)c(Cl)cn1. The van der Waals surface area contributed by atoms with E-state index in [-0.39, 0.29) is 5.54 Å². The van der Waals surface area contributed by atoms with E-state index in [0.29, 0.717) is 6.04 Å². The molecule has 1 saturated carbocycles. The Morgan fingerprint density at radius 1 is 1.45 bits per heavy atom. The molecule has 0 spiro atoms. The number of hydrogen-bond donors (Lipinski definition) is 1. The van der Waals surface area contributed by atoms with Gasteiger partial charge in [-0.05, 0) is 58.1 Å². The second kappa shape index (κ2) is 5.90. The molecule has 4 heteroatoms. The fourth-order valence-electron chi connectivity index (χ4n) is 2.26. The molecular formula is C16H26ClN3. The number of halogens is 1. The number of nitrogens with one attached hydrogen (secondary N) is 1. The van der Waals surface area contributed by atoms with Crippen molar-refractivity contribution in [3.05, 3.63) is 22.8 Å². The highest BCUT2D eigenvalue weighted by molar-refractivity contribution is 6.31. The van der Waals surface area contributed by atoms with Crippen molar-refractivity contribution < 1.29 is 0 Å². The van der Waals surface area contributed by atoms with E-state index in [1.807, 2.05) is 0 Å². The van der Waals surface area contributed by atoms with E-state index >= 15 is 0 Å². The predicted octanol–water partition coefficient (Wildman–Crippen LogP) is 3.86. The zero-order valence-electron chi connectivity index (χ0n) is 13.2. The van der Waals surface area contributed by atoms with E-state index in [1.165, 1.54) is 12.8 Å². The molecule has 0 aliphatic heterocycles. The lowest BCUT2D eigenvalue weighted by molar-refractivity contribution is 0.424. The number of aromatic nitrogens is 1. The zero-order chi connectivity index (χ0) is 14.9. The predicted molar refractivity (Wildman–Crippen MR) is 86.4 cm³/mol. The standard InChI is InChI=1S/C16H26ClN3/c1-11(12-6-7-12)20(5)15-8-13(14(17)10-18-15)9-19-16(2,3)4/h8,10-12,19H,6-7,9H2,1-5H3. The minimum absolute atomic E-state index is 0.0833. The highest BCUT2D eigenvalue weighted by Gasteiger charge is 2.31. The minimum Gasteiger partial charge on any atom is -0.357 e. The summed E-state index contributed by atoms with van der Waals surface area (Å²) in [6.07, 6.45) is 4.46. The van der Waals surface area contributed by atoms with Crippen LogP contribution in [0.15, 0.2) is 12.3 Å². The van der Waals surface area contributed by atoms with E-state index in [0.717, 1.165) is 28.9 Å². The second-order valence-corrected chi connectivity index (χ2v) is 7.33. The van der Waals surface area contributed by atoms with Crippen molar-refractivity contribution in [3.8, 4) is 0 Å². The molecule has 1 aromatic heterocycles. The summed E-state index contributed by atoms with van der Waals surface area (Å²) in [4.78, 5) is 6.75. The molecule has 1 fully saturated rings. The first-order chi connectivity index (χ1) is 9.28. The lowest BCUT2D eigenvalue weighted by atomic mass is 10.1. The van der Waals surface area contributed by atoms with Crippen molar-refractivity contribution >= 4 is 17.4 Å². The Hall–Kier alpha value is -0.800. The van der Waals surface area contributed by atoms with Crippen LogP contribution in [0.4, 0.5) is 5.82 Å². The molecule has 1 heterocycles. The van der Waals surface area contributed by atoms with Crippen LogP contribution in [0.1, 0.15) is 46.1 Å². The monoisotopic (exact) mass is 295 g/mol. The molecule has 0 radical (unpaired) electrons. The fourth-order valence-corrected chi connectivity index (χ4v) is 2.43. The maximum absolute atomic E-state index is 6.26. The number of anilines is 1. The third-order valence-corrected chi connectivity index (χ3v) is 4.35. The van der Waals surface area contributed by atoms with E-state index in [4.69, 9.17) is 11.6 Å². The van der Waals surface area contributed by atoms with Crippen LogP contribution in [0.2, 0.25) is 5.02 Å². The van der Waals surface area contributed by atoms with E-state index in [1.54, 1.807) is 6.20 Å². The van der Waals surface area contributed by atoms with Gasteiger partial charge in [0, 0.05) is 31.4 Å². The number of pyridine rings is 1. The van der Waals surface area contributed by atoms with Crippen LogP contribution < -0.4 is 10.2 Å². The molecule has 0 bridgehead atoms. The molecular weight excluding hydrogens is 270 g/mol. The van der Waals surface area contributed by atoms with Crippen LogP contribution in [0, 0.1) is 5.92 Å². The molecule has 1 aliphatic rings. The summed E-state index contributed by atoms with van der Waals surface area (Å²) >= 11 is 6.26. The van der Waals surface area contributed by atoms with Gasteiger partial charge in [0.1, 0.15) is 5.82 Å². The lowest BCUT2D eigenvalue weighted by Gasteiger charge is -2.27. The normalized spacial score (nSPS) is 17.1. The smallest absolute Gasteiger partial charge is 0.128 e. The van der Waals surface area contributed by atoms with E-state index in [2.05, 4.69) is 56.0 Å². The summed E-state index contributed by atoms with van der Waals surface area (Å²) in [5, 5.41) is 4.21. The summed E-state index contributed by atoms with van der Waals surface area (Å²) in [7, 11) is 2.13. The van der Waals surface area contributed by atoms with Gasteiger partial charge >= 0.3 is 0 Å². The van der Waals surface area contributed by atoms with Gasteiger partial charge < -0.3 is 10.2 Å². The highest BCUT2D eigenvalue weighted by Crippen LogP contribution is 2.36. The molecule has 0 aromatic carbocycles. The molecule has 1 unspecified atom stereocenters. The first-order valence-corrected chi connectivity index (χ1v) is 7.78. The fraction of sp³-hybridized carbons (Fsp3) is 0.688. The Bertz CT molecular complexity index is 463. The van der Waals surface area contributed by atoms with Crippen LogP contribution in [-0.2, 0) is 6.54 Å². The van der Waals surface area contributed by atoms with Crippen molar-refractivity contribution in [3.63, 3.8) is 0 Å². The van der Waals surface area contributed by atoms with Crippen molar-refractivity contribution in [2.24, 2.45) is 5.92 Å². The van der Waals surface area contributed by atoms with Gasteiger partial charge in [-0.15, -0.1) is 0 Å². The molecule has 112 valence electrons. The molecule has 1 aromatic rings. The zero-order valence-corrected chi connectivity index (χ0v) is 14.0. The summed E-state index contributed by atoms with van der Waals surface area (Å²) in [6, 6.07) is 2.66. The van der Waals surface area contributed by atoms with Gasteiger partial charge in [-0.25, -0.2) is 4.98 Å². The summed E-state index contributed by atoms with van der Waals surface area (Å²) in [5.41, 5.74) is 1.20. The summed E-state index contributed by atoms with van der Waals surface area (Å²) in [5.74, 6) is 1.84. The molecule has 1 N–H and O–H groups in total. The maximum atomic E-state index is 6.26. The molecule has 1 atom stereocenters. The highest BCUT2D eigenvalue weighted by atomic mass is 35.5. The van der Waals surface area contributed by atoms with Gasteiger partial charge in [0.15, 0.2) is 0 Å². The Labute approximate surface area is 127 Å². The average molecular weight is 296 g/mol. The quantitative estimate of drug-likeness (QED) is 0.894. The lowest BCUT2D eigenvalue weighted by Crippen LogP contribution is -2.35. The van der Waals surface area contributed by atoms with Crippen LogP contribution in [0.25, 0.3) is 0 Å². The third kappa shape index (κ3) is 4.10. The number of nitrogens with zero attached hydrogens (tertiary/aromatic N) is 2. The first kappa shape index (κ1) is 15.6. The van der Waals surface area contributed by atoms with Gasteiger partial charge in [-0.3, -0.25) is 0 Å². The number of hydrogen-bond acceptors (Lipinski definition) is 3. The van der Waals surface area contributed by atoms with Crippen molar-refractivity contribution in [2.45, 2.75) is 58.7 Å². The first-order valence-electron chi connectivity index (χ1n) is 7.40. The van der Waals surface area contributed by atoms with Crippen molar-refractivity contribution in [1.82, 2.24) is 10.3 Å². The Morgan fingerprint density at radius 3 is 2.65 bits per heavy atom. The van der Waals surface area contributed by atoms with Gasteiger partial charge in [0.2, 0.25) is 0 Å². The Morgan fingerprint density at radius 2 is 2.10 bits per heavy atom. The Kier molecular flexibility index (Phi) is 4.60. The largest absolute Gasteiger partial charge is 0.357 e. The second-order valence-electron chi connectivity index (χ2n) is 6.93. The van der Waals surface area contributed by atoms with Gasteiger partial charge in [-0.2, -0.15) is 0 Å². The third-order valence-electron chi connectivity index (χ3n) is 4.01. The maximum Gasteiger partial charge on any atom is 0.128 e. The Balaban J connectivity index is 2.10. The van der Waals surface area contributed by atoms with Gasteiger partial charge in [0.05, 0.1) is 5.02 Å². The molecule has 2 rings (SSSR count). The molecule has 0 amide bonds. The molecule has 20 heavy (non-hydrogen) atoms. The van der Waals surface area contributed by atoms with Gasteiger partial charge in [-0.1, -0.05) is 11.6 Å². The summed E-state index contributed by atoms with van der Waals surface area (Å²) < 4.78 is 0. The number of rotatable bonds is 5. The van der Waals surface area contributed by atoms with Crippen LogP contribution in [-0.4, -0.2) is 23.6 Å². The molecule has 1 aliphatic carbocycles. The minimum atomic E-state index is 0.0833. The summed E-state index contributed by atoms with van der Waals surface area (Å²) in [6.45, 7) is 9.52. The molecule has 3 nitrogen and oxygen atoms in total. The van der Waals surface area contributed by atoms with Crippen LogP contribution in [0.5, 0.6) is 0 Å². The van der Waals surface area contributed by atoms with Crippen molar-refractivity contribution in [1.29, 1.82) is 0 Å².